The van der Waals surface area contributed by atoms with E-state index in [0.29, 0.717) is 54.6 Å². The zero-order valence-corrected chi connectivity index (χ0v) is 102. The molecule has 0 aromatic carbocycles. The number of hydrogen-bond donors (Lipinski definition) is 19. The van der Waals surface area contributed by atoms with Gasteiger partial charge in [0.15, 0.2) is 0 Å². The van der Waals surface area contributed by atoms with Crippen LogP contribution in [0.4, 0.5) is 8.78 Å². The third kappa shape index (κ3) is 192. The minimum atomic E-state index is -2.90. The number of aliphatic carboxylic acids is 2. The Hall–Kier alpha value is -3.55. The van der Waals surface area contributed by atoms with Crippen molar-refractivity contribution in [3.05, 3.63) is 0 Å². The molecule has 19 N–H and O–H groups in total. The molecule has 0 aliphatic rings. The van der Waals surface area contributed by atoms with Crippen molar-refractivity contribution in [3.63, 3.8) is 0 Å². The van der Waals surface area contributed by atoms with E-state index in [1.807, 2.05) is 151 Å². The van der Waals surface area contributed by atoms with Crippen molar-refractivity contribution in [1.29, 1.82) is 0 Å². The number of esters is 3. The fraction of sp³-hybridized carbons (Fsp3) is 0.955. The molecule has 0 saturated heterocycles. The molecule has 31 heteroatoms. The van der Waals surface area contributed by atoms with Crippen molar-refractivity contribution in [2.75, 3.05) is 135 Å². The van der Waals surface area contributed by atoms with Crippen molar-refractivity contribution < 1.29 is 144 Å². The third-order valence-corrected chi connectivity index (χ3v) is 20.3. The molecular weight excluding hydrogens is 1820 g/mol. The summed E-state index contributed by atoms with van der Waals surface area (Å²) >= 11 is 0. The predicted octanol–water partition coefficient (Wildman–Crippen LogP) is 19.5. The number of aliphatic hydroxyl groups excluding tert-OH is 13. The van der Waals surface area contributed by atoms with Gasteiger partial charge in [0.2, 0.25) is 0 Å². The smallest absolute Gasteiger partial charge is 0.308 e. The van der Waals surface area contributed by atoms with Crippen LogP contribution in [-0.4, -0.2) is 303 Å². The van der Waals surface area contributed by atoms with Crippen LogP contribution in [-0.2, 0) is 42.9 Å². The Morgan fingerprint density at radius 2 is 0.674 bits per heavy atom. The third-order valence-electron chi connectivity index (χ3n) is 20.3. The Balaban J connectivity index is -0.0000000608. The van der Waals surface area contributed by atoms with Crippen LogP contribution in [0, 0.1) is 136 Å². The molecule has 0 aromatic rings. The summed E-state index contributed by atoms with van der Waals surface area (Å²) in [6.45, 7) is 100. The van der Waals surface area contributed by atoms with Gasteiger partial charge in [0.25, 0.3) is 5.92 Å². The molecule has 0 aliphatic carbocycles. The minimum Gasteiger partial charge on any atom is -0.481 e. The molecule has 5 atom stereocenters. The number of nitrogens with one attached hydrogen (secondary N) is 1. The van der Waals surface area contributed by atoms with E-state index >= 15 is 0 Å². The first kappa shape index (κ1) is 186. The maximum atomic E-state index is 12.0. The number of nitrogens with zero attached hydrogens (tertiary/aromatic N) is 1. The summed E-state index contributed by atoms with van der Waals surface area (Å²) in [4.78, 5) is 52.7. The molecule has 0 aromatic heterocycles. The lowest BCUT2D eigenvalue weighted by molar-refractivity contribution is -0.147. The van der Waals surface area contributed by atoms with Crippen LogP contribution in [0.25, 0.3) is 0 Å². The second kappa shape index (κ2) is 122. The Morgan fingerprint density at radius 3 is 0.695 bits per heavy atom. The van der Waals surface area contributed by atoms with Gasteiger partial charge >= 0.3 is 29.8 Å². The van der Waals surface area contributed by atoms with E-state index in [4.69, 9.17) is 86.4 Å². The van der Waals surface area contributed by atoms with E-state index in [9.17, 15) is 43.0 Å². The van der Waals surface area contributed by atoms with Gasteiger partial charge in [0, 0.05) is 64.8 Å². The number of carboxylic acids is 2. The second-order valence-electron chi connectivity index (χ2n) is 44.0. The van der Waals surface area contributed by atoms with Crippen molar-refractivity contribution >= 4 is 29.8 Å². The molecule has 141 heavy (non-hydrogen) atoms. The number of likely N-dealkylation sites (N-methyl/N-ethyl adjacent to an activating group) is 1. The average molecular weight is 2070 g/mol. The highest BCUT2D eigenvalue weighted by molar-refractivity contribution is 5.71. The molecule has 0 rings (SSSR count). The minimum absolute atomic E-state index is 0.00463. The fourth-order valence-electron chi connectivity index (χ4n) is 4.76. The van der Waals surface area contributed by atoms with Gasteiger partial charge < -0.3 is 121 Å². The maximum absolute atomic E-state index is 12.0. The fourth-order valence-corrected chi connectivity index (χ4v) is 4.76. The van der Waals surface area contributed by atoms with Gasteiger partial charge in [-0.25, -0.2) is 8.78 Å². The summed E-state index contributed by atoms with van der Waals surface area (Å²) in [6.07, 6.45) is 3.08. The lowest BCUT2D eigenvalue weighted by Crippen LogP contribution is -2.42. The largest absolute Gasteiger partial charge is 0.481 e. The molecule has 0 spiro atoms. The molecule has 0 amide bonds. The summed E-state index contributed by atoms with van der Waals surface area (Å²) in [5.41, 5.74) is -2.61. The van der Waals surface area contributed by atoms with Crippen LogP contribution in [0.15, 0.2) is 0 Å². The number of alkyl halides is 2. The van der Waals surface area contributed by atoms with Crippen molar-refractivity contribution in [2.45, 2.75) is 419 Å². The van der Waals surface area contributed by atoms with E-state index in [1.54, 1.807) is 69.4 Å². The molecule has 876 valence electrons. The number of methoxy groups -OCH3 is 3. The lowest BCUT2D eigenvalue weighted by Gasteiger charge is -2.27. The first-order valence-electron chi connectivity index (χ1n) is 51.7. The van der Waals surface area contributed by atoms with E-state index in [-0.39, 0.29) is 142 Å². The number of aliphatic hydroxyl groups is 16. The molecule has 0 fully saturated rings. The first-order valence-corrected chi connectivity index (χ1v) is 51.7. The highest BCUT2D eigenvalue weighted by Gasteiger charge is 2.32. The molecule has 0 unspecified atom stereocenters. The van der Waals surface area contributed by atoms with Crippen LogP contribution in [0.2, 0.25) is 0 Å². The lowest BCUT2D eigenvalue weighted by atomic mass is 9.84. The van der Waals surface area contributed by atoms with E-state index < -0.39 is 59.4 Å². The number of carbonyl (C=O) groups is 5. The zero-order chi connectivity index (χ0) is 118. The summed E-state index contributed by atoms with van der Waals surface area (Å²) < 4.78 is 42.3. The summed E-state index contributed by atoms with van der Waals surface area (Å²) in [7, 11) is 10.4. The Bertz CT molecular complexity index is 2310. The van der Waals surface area contributed by atoms with Crippen molar-refractivity contribution in [1.82, 2.24) is 10.2 Å². The molecule has 0 aliphatic heterocycles. The molecule has 0 heterocycles. The second-order valence-corrected chi connectivity index (χ2v) is 44.0. The number of carbonyl (C=O) groups excluding carboxylic acids is 3. The van der Waals surface area contributed by atoms with Gasteiger partial charge in [0.05, 0.1) is 108 Å². The van der Waals surface area contributed by atoms with Crippen LogP contribution >= 0.6 is 0 Å². The standard InChI is InChI=1S/C7H17NO.C7H16.C6H14O3.3C6H14O2.2C6H12O2.C6H14.C5H10F2O.C5H13N.C5H10O2.2C5H12O2.C5H10O2.2C5H12O.2C5H12.C4H8O2/c1-6(2)7(9)5-8(3)4;1-6(2)7(3,4)5;1-5(2)6(9,3-7)4-8;2*1-5(2)6(3,8)4-7;1-5(2)6(3-7)4-8;1-5(2)4-6(7)8-3;1-4-8-6(7)5(2)3;1-5(2)6(3)4;1-4(2)5(6,7)3-8;1-5(2)4-6-3;1-4(2)5(6)7-3;2*1-4(2)5(7)3-6;1-4(2)3-5(6)7;1-5(2)4-6-3;1-5(2)3-4-6;2*1-4-5(2)3;1-3(2)4(5)6/h6-7,9H,5H2,1-4H3;6H,1-5H3;5,7-9H,3-4H2,1-2H3;2*5,7-8H,4H2,1-3H3;5-8H,3-4H2,1-2H3;2*5H,4H2,1-3H3;5-6H,1-4H3;4,8H,3H2,1-2H3;5-6H,4H2,1-3H3;4H,1-3H3;2*4-7H,3H2,1-2H3;4H,3H2,1-2H3,(H,6,7);5H,4H2,1-3H3;5-6H,3-4H2,1-2H3;2*5H,4H2,1-3H3;3H,1-2H3,(H,5,6)/t7-;;;2*6-;;;;;;;;2*5-;;;;;;/m1..10.......10....../s1. The molecule has 29 nitrogen and oxygen atoms in total. The Kier molecular flexibility index (Phi) is 160. The SMILES string of the molecule is CC(C)C(=O)O.CC(C)C(C)(C)C.CC(C)C(C)C.CC(C)C(CO)CO.CC(C)C(F)(F)CO.CC(C)C(O)(CO)CO.CC(C)CC(=O)O.CC(C)CCO.CC(C)[C@@H](O)CO.CC(C)[C@@](C)(O)CO.CC(C)[C@H](O)CN(C)C.CC(C)[C@H](O)CO.CC(C)[C@](C)(O)CO.CCC(C)C.CCC(C)C.CCOC(=O)C(C)C.CNCC(C)C.COC(=O)C(C)C.COC(=O)CC(C)C.COCC(C)C. The normalized spacial score (nSPS) is 12.2. The van der Waals surface area contributed by atoms with Crippen LogP contribution in [0.1, 0.15) is 378 Å². The number of carboxylic acid groups (broad SMARTS) is 2. The number of rotatable bonds is 36. The number of ether oxygens (including phenoxy) is 4. The molecule has 0 radical (unpaired) electrons. The van der Waals surface area contributed by atoms with Gasteiger partial charge in [-0.3, -0.25) is 24.0 Å². The van der Waals surface area contributed by atoms with E-state index in [2.05, 4.69) is 165 Å². The maximum Gasteiger partial charge on any atom is 0.308 e. The molecule has 0 saturated carbocycles. The molecular formula is C110H250F2N2O27. The van der Waals surface area contributed by atoms with Crippen molar-refractivity contribution in [2.24, 2.45) is 136 Å². The van der Waals surface area contributed by atoms with E-state index in [0.717, 1.165) is 61.6 Å². The predicted molar refractivity (Wildman–Crippen MR) is 589 cm³/mol. The van der Waals surface area contributed by atoms with Crippen LogP contribution in [0.5, 0.6) is 0 Å². The average Bonchev–Trinajstić information content (AvgIpc) is 0.889. The topological polar surface area (TPSA) is 502 Å². The van der Waals surface area contributed by atoms with Gasteiger partial charge in [-0.2, -0.15) is 0 Å². The van der Waals surface area contributed by atoms with Crippen LogP contribution < -0.4 is 5.32 Å². The number of hydrogen-bond acceptors (Lipinski definition) is 27. The van der Waals surface area contributed by atoms with Gasteiger partial charge in [0.1, 0.15) is 12.2 Å². The molecule has 0 bridgehead atoms. The zero-order valence-electron chi connectivity index (χ0n) is 102. The summed E-state index contributed by atoms with van der Waals surface area (Å²) in [5, 5.41) is 157. The quantitative estimate of drug-likeness (QED) is 0.0205. The highest BCUT2D eigenvalue weighted by Crippen LogP contribution is 2.24. The summed E-state index contributed by atoms with van der Waals surface area (Å²) in [6, 6.07) is 0. The first-order chi connectivity index (χ1) is 63.4. The van der Waals surface area contributed by atoms with Crippen molar-refractivity contribution in [3.8, 4) is 0 Å². The monoisotopic (exact) mass is 2070 g/mol. The highest BCUT2D eigenvalue weighted by atomic mass is 19.3. The van der Waals surface area contributed by atoms with Gasteiger partial charge in [-0.1, -0.05) is 338 Å². The number of halogens is 2. The Labute approximate surface area is 869 Å². The van der Waals surface area contributed by atoms with Gasteiger partial charge in [-0.15, -0.1) is 0 Å². The van der Waals surface area contributed by atoms with Crippen LogP contribution in [0.3, 0.4) is 0 Å². The van der Waals surface area contributed by atoms with E-state index in [1.165, 1.54) is 40.9 Å². The van der Waals surface area contributed by atoms with Gasteiger partial charge in [-0.05, 0) is 161 Å². The Morgan fingerprint density at radius 1 is 0.369 bits per heavy atom. The summed E-state index contributed by atoms with van der Waals surface area (Å²) in [5.74, 6) is 2.59.